The Morgan fingerprint density at radius 2 is 2.43 bits per heavy atom. The van der Waals surface area contributed by atoms with Gasteiger partial charge in [0.15, 0.2) is 0 Å². The third kappa shape index (κ3) is 2.27. The lowest BCUT2D eigenvalue weighted by Crippen LogP contribution is -2.33. The highest BCUT2D eigenvalue weighted by Gasteiger charge is 2.34. The average Bonchev–Trinajstić information content (AvgIpc) is 2.78. The van der Waals surface area contributed by atoms with Crippen molar-refractivity contribution in [3.05, 3.63) is 0 Å². The second-order valence-electron chi connectivity index (χ2n) is 5.09. The number of ether oxygens (including phenoxy) is 1. The maximum absolute atomic E-state index is 9.25. The van der Waals surface area contributed by atoms with Crippen molar-refractivity contribution in [2.24, 2.45) is 5.41 Å². The molecule has 2 saturated heterocycles. The Labute approximate surface area is 86.0 Å². The van der Waals surface area contributed by atoms with E-state index in [1.165, 1.54) is 12.8 Å². The van der Waals surface area contributed by atoms with E-state index >= 15 is 0 Å². The summed E-state index contributed by atoms with van der Waals surface area (Å²) in [6.45, 7) is 6.64. The van der Waals surface area contributed by atoms with Gasteiger partial charge in [-0.15, -0.1) is 0 Å². The van der Waals surface area contributed by atoms with Gasteiger partial charge in [-0.3, -0.25) is 0 Å². The van der Waals surface area contributed by atoms with Gasteiger partial charge in [0.25, 0.3) is 0 Å². The molecule has 3 heteroatoms. The minimum Gasteiger partial charge on any atom is -0.396 e. The van der Waals surface area contributed by atoms with Crippen LogP contribution in [-0.4, -0.2) is 49.0 Å². The first kappa shape index (κ1) is 10.4. The summed E-state index contributed by atoms with van der Waals surface area (Å²) in [6, 6.07) is 0. The molecule has 2 aliphatic rings. The Morgan fingerprint density at radius 1 is 1.57 bits per heavy atom. The fraction of sp³-hybridized carbons (Fsp3) is 1.00. The molecule has 0 amide bonds. The highest BCUT2D eigenvalue weighted by Crippen LogP contribution is 2.29. The normalized spacial score (nSPS) is 39.4. The Morgan fingerprint density at radius 3 is 3.00 bits per heavy atom. The maximum Gasteiger partial charge on any atom is 0.0702 e. The van der Waals surface area contributed by atoms with Crippen LogP contribution >= 0.6 is 0 Å². The first-order valence-corrected chi connectivity index (χ1v) is 5.67. The number of likely N-dealkylation sites (tertiary alicyclic amines) is 1. The molecule has 0 radical (unpaired) electrons. The van der Waals surface area contributed by atoms with Crippen LogP contribution in [0.1, 0.15) is 26.2 Å². The summed E-state index contributed by atoms with van der Waals surface area (Å²) < 4.78 is 5.61. The van der Waals surface area contributed by atoms with Crippen LogP contribution in [0, 0.1) is 5.41 Å². The second-order valence-corrected chi connectivity index (χ2v) is 5.09. The van der Waals surface area contributed by atoms with Crippen molar-refractivity contribution < 1.29 is 9.84 Å². The summed E-state index contributed by atoms with van der Waals surface area (Å²) in [5.41, 5.74) is 0.138. The van der Waals surface area contributed by atoms with E-state index in [1.54, 1.807) is 0 Å². The van der Waals surface area contributed by atoms with E-state index < -0.39 is 0 Å². The van der Waals surface area contributed by atoms with Crippen LogP contribution < -0.4 is 0 Å². The van der Waals surface area contributed by atoms with E-state index in [4.69, 9.17) is 4.74 Å². The summed E-state index contributed by atoms with van der Waals surface area (Å²) in [7, 11) is 0. The first-order chi connectivity index (χ1) is 6.72. The Kier molecular flexibility index (Phi) is 3.10. The van der Waals surface area contributed by atoms with Gasteiger partial charge in [-0.05, 0) is 25.8 Å². The lowest BCUT2D eigenvalue weighted by atomic mass is 9.91. The fourth-order valence-electron chi connectivity index (χ4n) is 2.49. The molecule has 1 N–H and O–H groups in total. The fourth-order valence-corrected chi connectivity index (χ4v) is 2.49. The van der Waals surface area contributed by atoms with Gasteiger partial charge in [0.05, 0.1) is 6.10 Å². The molecular formula is C11H21NO2. The molecule has 0 bridgehead atoms. The predicted octanol–water partition coefficient (Wildman–Crippen LogP) is 0.870. The zero-order valence-corrected chi connectivity index (χ0v) is 9.04. The van der Waals surface area contributed by atoms with Gasteiger partial charge in [0.1, 0.15) is 0 Å². The zero-order valence-electron chi connectivity index (χ0n) is 9.04. The molecule has 0 saturated carbocycles. The summed E-state index contributed by atoms with van der Waals surface area (Å²) in [5.74, 6) is 0. The van der Waals surface area contributed by atoms with Crippen LogP contribution in [0.15, 0.2) is 0 Å². The van der Waals surface area contributed by atoms with Crippen molar-refractivity contribution in [2.45, 2.75) is 32.3 Å². The lowest BCUT2D eigenvalue weighted by molar-refractivity contribution is 0.0727. The average molecular weight is 199 g/mol. The SMILES string of the molecule is CC1(CO)CCN(CC2CCCO2)C1. The monoisotopic (exact) mass is 199 g/mol. The molecule has 0 aromatic carbocycles. The van der Waals surface area contributed by atoms with E-state index in [9.17, 15) is 5.11 Å². The van der Waals surface area contributed by atoms with Crippen molar-refractivity contribution >= 4 is 0 Å². The van der Waals surface area contributed by atoms with E-state index in [2.05, 4.69) is 11.8 Å². The van der Waals surface area contributed by atoms with Crippen molar-refractivity contribution in [3.8, 4) is 0 Å². The molecule has 2 fully saturated rings. The topological polar surface area (TPSA) is 32.7 Å². The molecule has 2 rings (SSSR count). The van der Waals surface area contributed by atoms with Crippen molar-refractivity contribution in [1.82, 2.24) is 4.90 Å². The standard InChI is InChI=1S/C11H21NO2/c1-11(9-13)4-5-12(8-11)7-10-3-2-6-14-10/h10,13H,2-9H2,1H3. The van der Waals surface area contributed by atoms with E-state index in [-0.39, 0.29) is 5.41 Å². The second kappa shape index (κ2) is 4.17. The highest BCUT2D eigenvalue weighted by molar-refractivity contribution is 4.87. The predicted molar refractivity (Wildman–Crippen MR) is 55.2 cm³/mol. The summed E-state index contributed by atoms with van der Waals surface area (Å²) in [5, 5.41) is 9.25. The molecule has 2 aliphatic heterocycles. The smallest absolute Gasteiger partial charge is 0.0702 e. The van der Waals surface area contributed by atoms with E-state index in [0.29, 0.717) is 12.7 Å². The summed E-state index contributed by atoms with van der Waals surface area (Å²) in [4.78, 5) is 2.44. The van der Waals surface area contributed by atoms with Gasteiger partial charge in [-0.1, -0.05) is 6.92 Å². The lowest BCUT2D eigenvalue weighted by Gasteiger charge is -2.23. The molecule has 2 atom stereocenters. The molecule has 0 aliphatic carbocycles. The van der Waals surface area contributed by atoms with E-state index in [1.807, 2.05) is 0 Å². The van der Waals surface area contributed by atoms with Crippen LogP contribution in [0.2, 0.25) is 0 Å². The van der Waals surface area contributed by atoms with Crippen molar-refractivity contribution in [2.75, 3.05) is 32.8 Å². The Bertz CT molecular complexity index is 192. The molecule has 0 spiro atoms. The third-order valence-electron chi connectivity index (χ3n) is 3.50. The molecular weight excluding hydrogens is 178 g/mol. The minimum absolute atomic E-state index is 0.138. The molecule has 14 heavy (non-hydrogen) atoms. The number of hydrogen-bond acceptors (Lipinski definition) is 3. The van der Waals surface area contributed by atoms with Gasteiger partial charge < -0.3 is 14.7 Å². The minimum atomic E-state index is 0.138. The van der Waals surface area contributed by atoms with Gasteiger partial charge >= 0.3 is 0 Å². The number of aliphatic hydroxyl groups excluding tert-OH is 1. The number of hydrogen-bond donors (Lipinski definition) is 1. The zero-order chi connectivity index (χ0) is 10.0. The third-order valence-corrected chi connectivity index (χ3v) is 3.50. The van der Waals surface area contributed by atoms with Gasteiger partial charge in [0.2, 0.25) is 0 Å². The Hall–Kier alpha value is -0.120. The summed E-state index contributed by atoms with van der Waals surface area (Å²) in [6.07, 6.45) is 4.01. The molecule has 0 aromatic heterocycles. The van der Waals surface area contributed by atoms with E-state index in [0.717, 1.165) is 32.7 Å². The van der Waals surface area contributed by atoms with Crippen LogP contribution in [0.5, 0.6) is 0 Å². The summed E-state index contributed by atoms with van der Waals surface area (Å²) >= 11 is 0. The van der Waals surface area contributed by atoms with Gasteiger partial charge in [0, 0.05) is 31.7 Å². The molecule has 2 heterocycles. The quantitative estimate of drug-likeness (QED) is 0.732. The van der Waals surface area contributed by atoms with Gasteiger partial charge in [-0.2, -0.15) is 0 Å². The molecule has 82 valence electrons. The number of rotatable bonds is 3. The molecule has 2 unspecified atom stereocenters. The number of nitrogens with zero attached hydrogens (tertiary/aromatic N) is 1. The molecule has 3 nitrogen and oxygen atoms in total. The first-order valence-electron chi connectivity index (χ1n) is 5.67. The van der Waals surface area contributed by atoms with Crippen molar-refractivity contribution in [1.29, 1.82) is 0 Å². The highest BCUT2D eigenvalue weighted by atomic mass is 16.5. The van der Waals surface area contributed by atoms with Crippen LogP contribution in [0.3, 0.4) is 0 Å². The molecule has 0 aromatic rings. The van der Waals surface area contributed by atoms with Crippen LogP contribution in [0.4, 0.5) is 0 Å². The largest absolute Gasteiger partial charge is 0.396 e. The maximum atomic E-state index is 9.25. The van der Waals surface area contributed by atoms with Gasteiger partial charge in [-0.25, -0.2) is 0 Å². The van der Waals surface area contributed by atoms with Crippen LogP contribution in [0.25, 0.3) is 0 Å². The van der Waals surface area contributed by atoms with Crippen LogP contribution in [-0.2, 0) is 4.74 Å². The Balaban J connectivity index is 1.78. The van der Waals surface area contributed by atoms with Crippen molar-refractivity contribution in [3.63, 3.8) is 0 Å². The number of aliphatic hydroxyl groups is 1.